The molecule has 0 radical (unpaired) electrons. The van der Waals surface area contributed by atoms with E-state index in [0.29, 0.717) is 0 Å². The molecule has 2 heterocycles. The van der Waals surface area contributed by atoms with Crippen LogP contribution in [0.15, 0.2) is 0 Å². The van der Waals surface area contributed by atoms with Crippen LogP contribution in [-0.2, 0) is 0 Å². The fourth-order valence-corrected chi connectivity index (χ4v) is 3.10. The number of fused-ring (bicyclic) bond motifs is 2. The van der Waals surface area contributed by atoms with E-state index in [1.807, 2.05) is 0 Å². The predicted octanol–water partition coefficient (Wildman–Crippen LogP) is 3.19. The second-order valence-electron chi connectivity index (χ2n) is 4.90. The van der Waals surface area contributed by atoms with E-state index in [0.717, 1.165) is 12.1 Å². The summed E-state index contributed by atoms with van der Waals surface area (Å²) in [5.41, 5.74) is 0. The van der Waals surface area contributed by atoms with Gasteiger partial charge in [-0.05, 0) is 32.7 Å². The minimum atomic E-state index is 0.924. The van der Waals surface area contributed by atoms with Gasteiger partial charge in [-0.1, -0.05) is 32.1 Å². The maximum absolute atomic E-state index is 2.70. The Morgan fingerprint density at radius 3 is 1.54 bits per heavy atom. The molecule has 2 rings (SSSR count). The Morgan fingerprint density at radius 1 is 0.692 bits per heavy atom. The standard InChI is InChI=1S/C12H23N/c1-13-11-7-3-2-4-8-12(13)10-6-5-9-11/h11-12H,2-10H2,1H3. The van der Waals surface area contributed by atoms with Crippen molar-refractivity contribution in [2.24, 2.45) is 0 Å². The number of hydrogen-bond acceptors (Lipinski definition) is 1. The van der Waals surface area contributed by atoms with Gasteiger partial charge in [-0.25, -0.2) is 0 Å². The molecule has 2 aliphatic rings. The van der Waals surface area contributed by atoms with Gasteiger partial charge < -0.3 is 4.90 Å². The van der Waals surface area contributed by atoms with Gasteiger partial charge in [-0.2, -0.15) is 0 Å². The van der Waals surface area contributed by atoms with Crippen molar-refractivity contribution < 1.29 is 0 Å². The van der Waals surface area contributed by atoms with Gasteiger partial charge in [0.05, 0.1) is 0 Å². The molecule has 2 bridgehead atoms. The molecule has 0 aromatic heterocycles. The summed E-state index contributed by atoms with van der Waals surface area (Å²) in [5.74, 6) is 0. The van der Waals surface area contributed by atoms with Gasteiger partial charge in [-0.3, -0.25) is 0 Å². The van der Waals surface area contributed by atoms with E-state index < -0.39 is 0 Å². The van der Waals surface area contributed by atoms with Crippen molar-refractivity contribution in [2.45, 2.75) is 69.9 Å². The van der Waals surface area contributed by atoms with Gasteiger partial charge in [0.1, 0.15) is 0 Å². The van der Waals surface area contributed by atoms with Crippen LogP contribution in [0.25, 0.3) is 0 Å². The van der Waals surface area contributed by atoms with Crippen molar-refractivity contribution in [1.82, 2.24) is 4.90 Å². The van der Waals surface area contributed by atoms with Crippen LogP contribution in [0.4, 0.5) is 0 Å². The second kappa shape index (κ2) is 4.45. The topological polar surface area (TPSA) is 3.24 Å². The summed E-state index contributed by atoms with van der Waals surface area (Å²) < 4.78 is 0. The van der Waals surface area contributed by atoms with Gasteiger partial charge in [0.2, 0.25) is 0 Å². The van der Waals surface area contributed by atoms with Crippen LogP contribution in [0.5, 0.6) is 0 Å². The zero-order chi connectivity index (χ0) is 9.10. The van der Waals surface area contributed by atoms with Crippen LogP contribution in [-0.4, -0.2) is 24.0 Å². The van der Waals surface area contributed by atoms with Crippen LogP contribution < -0.4 is 0 Å². The SMILES string of the molecule is CN1C2CCCCCC1CCCC2. The third-order valence-corrected chi connectivity index (χ3v) is 4.05. The average Bonchev–Trinajstić information content (AvgIpc) is 2.32. The normalized spacial score (nSPS) is 37.6. The highest BCUT2D eigenvalue weighted by molar-refractivity contribution is 4.82. The summed E-state index contributed by atoms with van der Waals surface area (Å²) in [6, 6.07) is 1.85. The minimum absolute atomic E-state index is 0.924. The van der Waals surface area contributed by atoms with Crippen molar-refractivity contribution in [3.8, 4) is 0 Å². The molecule has 1 nitrogen and oxygen atoms in total. The molecule has 13 heavy (non-hydrogen) atoms. The molecule has 2 unspecified atom stereocenters. The number of nitrogens with zero attached hydrogens (tertiary/aromatic N) is 1. The monoisotopic (exact) mass is 181 g/mol. The molecule has 2 atom stereocenters. The Bertz CT molecular complexity index is 139. The molecule has 0 aromatic rings. The summed E-state index contributed by atoms with van der Waals surface area (Å²) in [6.45, 7) is 0. The Kier molecular flexibility index (Phi) is 3.26. The van der Waals surface area contributed by atoms with E-state index in [2.05, 4.69) is 11.9 Å². The molecular weight excluding hydrogens is 158 g/mol. The molecule has 0 N–H and O–H groups in total. The van der Waals surface area contributed by atoms with E-state index in [1.165, 1.54) is 57.8 Å². The third-order valence-electron chi connectivity index (χ3n) is 4.05. The molecule has 0 aliphatic carbocycles. The summed E-state index contributed by atoms with van der Waals surface area (Å²) in [5, 5.41) is 0. The van der Waals surface area contributed by atoms with Gasteiger partial charge in [0.15, 0.2) is 0 Å². The first-order valence-electron chi connectivity index (χ1n) is 6.10. The predicted molar refractivity (Wildman–Crippen MR) is 56.9 cm³/mol. The molecule has 2 saturated heterocycles. The van der Waals surface area contributed by atoms with E-state index in [9.17, 15) is 0 Å². The van der Waals surface area contributed by atoms with Gasteiger partial charge in [0.25, 0.3) is 0 Å². The minimum Gasteiger partial charge on any atom is -0.300 e. The molecular formula is C12H23N. The fraction of sp³-hybridized carbons (Fsp3) is 1.00. The summed E-state index contributed by atoms with van der Waals surface area (Å²) in [4.78, 5) is 2.70. The molecule has 2 aliphatic heterocycles. The summed E-state index contributed by atoms with van der Waals surface area (Å²) in [6.07, 6.45) is 13.3. The lowest BCUT2D eigenvalue weighted by molar-refractivity contribution is 0.141. The molecule has 2 fully saturated rings. The van der Waals surface area contributed by atoms with E-state index in [-0.39, 0.29) is 0 Å². The van der Waals surface area contributed by atoms with Gasteiger partial charge in [-0.15, -0.1) is 0 Å². The first kappa shape index (κ1) is 9.51. The van der Waals surface area contributed by atoms with Gasteiger partial charge >= 0.3 is 0 Å². The van der Waals surface area contributed by atoms with Crippen molar-refractivity contribution in [2.75, 3.05) is 7.05 Å². The van der Waals surface area contributed by atoms with Crippen LogP contribution in [0, 0.1) is 0 Å². The van der Waals surface area contributed by atoms with Crippen LogP contribution in [0.3, 0.4) is 0 Å². The van der Waals surface area contributed by atoms with Crippen LogP contribution >= 0.6 is 0 Å². The maximum Gasteiger partial charge on any atom is 0.00951 e. The highest BCUT2D eigenvalue weighted by Crippen LogP contribution is 2.29. The molecule has 0 aromatic carbocycles. The summed E-state index contributed by atoms with van der Waals surface area (Å²) in [7, 11) is 2.37. The quantitative estimate of drug-likeness (QED) is 0.555. The van der Waals surface area contributed by atoms with Crippen LogP contribution in [0.2, 0.25) is 0 Å². The van der Waals surface area contributed by atoms with Crippen molar-refractivity contribution >= 4 is 0 Å². The zero-order valence-corrected chi connectivity index (χ0v) is 8.97. The third kappa shape index (κ3) is 2.25. The van der Waals surface area contributed by atoms with E-state index in [4.69, 9.17) is 0 Å². The Balaban J connectivity index is 2.03. The fourth-order valence-electron chi connectivity index (χ4n) is 3.10. The maximum atomic E-state index is 2.70. The average molecular weight is 181 g/mol. The highest BCUT2D eigenvalue weighted by atomic mass is 15.2. The van der Waals surface area contributed by atoms with E-state index in [1.54, 1.807) is 0 Å². The first-order chi connectivity index (χ1) is 6.38. The highest BCUT2D eigenvalue weighted by Gasteiger charge is 2.26. The zero-order valence-electron chi connectivity index (χ0n) is 8.97. The lowest BCUT2D eigenvalue weighted by atomic mass is 9.97. The number of rotatable bonds is 0. The summed E-state index contributed by atoms with van der Waals surface area (Å²) >= 11 is 0. The van der Waals surface area contributed by atoms with Crippen LogP contribution in [0.1, 0.15) is 57.8 Å². The Hall–Kier alpha value is -0.0400. The second-order valence-corrected chi connectivity index (χ2v) is 4.90. The van der Waals surface area contributed by atoms with Crippen molar-refractivity contribution in [3.63, 3.8) is 0 Å². The largest absolute Gasteiger partial charge is 0.300 e. The first-order valence-corrected chi connectivity index (χ1v) is 6.10. The smallest absolute Gasteiger partial charge is 0.00951 e. The molecule has 0 spiro atoms. The lowest BCUT2D eigenvalue weighted by Crippen LogP contribution is -2.39. The molecule has 76 valence electrons. The Labute approximate surface area is 82.5 Å². The molecule has 0 saturated carbocycles. The van der Waals surface area contributed by atoms with Gasteiger partial charge in [0, 0.05) is 12.1 Å². The number of hydrogen-bond donors (Lipinski definition) is 0. The van der Waals surface area contributed by atoms with Crippen molar-refractivity contribution in [3.05, 3.63) is 0 Å². The van der Waals surface area contributed by atoms with Crippen molar-refractivity contribution in [1.29, 1.82) is 0 Å². The van der Waals surface area contributed by atoms with E-state index >= 15 is 0 Å². The lowest BCUT2D eigenvalue weighted by Gasteiger charge is -2.35. The molecule has 0 amide bonds. The molecule has 1 heteroatoms. The Morgan fingerprint density at radius 2 is 1.08 bits per heavy atom.